The first-order chi connectivity index (χ1) is 12.0. The molecule has 0 bridgehead atoms. The number of carbonyl (C=O) groups is 1. The van der Waals surface area contributed by atoms with Crippen LogP contribution < -0.4 is 10.6 Å². The number of carbonyl (C=O) groups excluding carboxylic acids is 1. The zero-order valence-electron chi connectivity index (χ0n) is 17.2. The topological polar surface area (TPSA) is 66.0 Å². The Morgan fingerprint density at radius 3 is 2.54 bits per heavy atom. The number of hydrogen-bond acceptors (Lipinski definition) is 3. The molecule has 2 atom stereocenters. The predicted octanol–water partition coefficient (Wildman–Crippen LogP) is 3.01. The molecule has 1 aliphatic heterocycles. The molecule has 1 saturated heterocycles. The molecule has 0 aromatic carbocycles. The summed E-state index contributed by atoms with van der Waals surface area (Å²) < 4.78 is 6.00. The monoisotopic (exact) mass is 482 g/mol. The summed E-state index contributed by atoms with van der Waals surface area (Å²) in [6, 6.07) is 0.349. The molecule has 2 N–H and O–H groups in total. The van der Waals surface area contributed by atoms with Gasteiger partial charge < -0.3 is 20.3 Å². The molecule has 26 heavy (non-hydrogen) atoms. The van der Waals surface area contributed by atoms with Crippen molar-refractivity contribution >= 4 is 35.8 Å². The highest BCUT2D eigenvalue weighted by Gasteiger charge is 2.28. The molecule has 2 unspecified atom stereocenters. The summed E-state index contributed by atoms with van der Waals surface area (Å²) in [5.74, 6) is 1.38. The van der Waals surface area contributed by atoms with Crippen LogP contribution in [0.3, 0.4) is 0 Å². The number of rotatable bonds is 9. The number of amides is 1. The smallest absolute Gasteiger partial charge is 0.243 e. The van der Waals surface area contributed by atoms with Gasteiger partial charge in [-0.15, -0.1) is 24.0 Å². The van der Waals surface area contributed by atoms with Gasteiger partial charge in [0.2, 0.25) is 5.91 Å². The molecule has 0 saturated carbocycles. The van der Waals surface area contributed by atoms with E-state index in [1.54, 1.807) is 19.0 Å². The lowest BCUT2D eigenvalue weighted by molar-refractivity contribution is -0.127. The van der Waals surface area contributed by atoms with Gasteiger partial charge >= 0.3 is 0 Å². The Hall–Kier alpha value is -0.570. The highest BCUT2D eigenvalue weighted by atomic mass is 127. The Morgan fingerprint density at radius 2 is 1.96 bits per heavy atom. The Kier molecular flexibility index (Phi) is 14.2. The summed E-state index contributed by atoms with van der Waals surface area (Å²) in [6.45, 7) is 8.48. The van der Waals surface area contributed by atoms with Crippen molar-refractivity contribution in [2.24, 2.45) is 10.9 Å². The van der Waals surface area contributed by atoms with E-state index >= 15 is 0 Å². The van der Waals surface area contributed by atoms with E-state index in [4.69, 9.17) is 4.74 Å². The van der Waals surface area contributed by atoms with E-state index in [0.29, 0.717) is 18.1 Å². The quantitative estimate of drug-likeness (QED) is 0.230. The zero-order valence-corrected chi connectivity index (χ0v) is 19.5. The highest BCUT2D eigenvalue weighted by Crippen LogP contribution is 2.25. The third-order valence-corrected chi connectivity index (χ3v) is 4.92. The average molecular weight is 482 g/mol. The minimum Gasteiger partial charge on any atom is -0.378 e. The average Bonchev–Trinajstić information content (AvgIpc) is 2.60. The van der Waals surface area contributed by atoms with Crippen LogP contribution in [0.25, 0.3) is 0 Å². The summed E-state index contributed by atoms with van der Waals surface area (Å²) in [5, 5.41) is 6.89. The fourth-order valence-electron chi connectivity index (χ4n) is 3.12. The van der Waals surface area contributed by atoms with E-state index in [-0.39, 0.29) is 36.4 Å². The van der Waals surface area contributed by atoms with Gasteiger partial charge in [0.1, 0.15) is 6.54 Å². The van der Waals surface area contributed by atoms with Crippen LogP contribution in [0.5, 0.6) is 0 Å². The minimum atomic E-state index is 0. The molecule has 0 aliphatic carbocycles. The zero-order chi connectivity index (χ0) is 18.7. The molecule has 0 aromatic heterocycles. The van der Waals surface area contributed by atoms with Crippen molar-refractivity contribution in [3.05, 3.63) is 0 Å². The summed E-state index contributed by atoms with van der Waals surface area (Å²) >= 11 is 0. The molecule has 154 valence electrons. The van der Waals surface area contributed by atoms with Crippen LogP contribution in [0, 0.1) is 5.92 Å². The Bertz CT molecular complexity index is 414. The van der Waals surface area contributed by atoms with E-state index in [1.807, 2.05) is 0 Å². The lowest BCUT2D eigenvalue weighted by Gasteiger charge is -2.35. The standard InChI is InChI=1S/C19H38N4O2.HI/c1-6-9-11-20-19(21-14-18(24)23(4)5)22-16-10-12-25-17(13-16)15(7-2)8-3;/h15-17H,6-14H2,1-5H3,(H2,20,21,22);1H. The summed E-state index contributed by atoms with van der Waals surface area (Å²) in [4.78, 5) is 17.9. The Morgan fingerprint density at radius 1 is 1.27 bits per heavy atom. The maximum absolute atomic E-state index is 11.8. The molecular formula is C19H39IN4O2. The number of guanidine groups is 1. The van der Waals surface area contributed by atoms with Crippen LogP contribution in [0.4, 0.5) is 0 Å². The second kappa shape index (κ2) is 14.5. The third kappa shape index (κ3) is 9.39. The van der Waals surface area contributed by atoms with Crippen molar-refractivity contribution in [1.29, 1.82) is 0 Å². The van der Waals surface area contributed by atoms with Crippen LogP contribution >= 0.6 is 24.0 Å². The number of halogens is 1. The van der Waals surface area contributed by atoms with Crippen LogP contribution in [0.15, 0.2) is 4.99 Å². The number of likely N-dealkylation sites (N-methyl/N-ethyl adjacent to an activating group) is 1. The SMILES string of the molecule is CCCCNC(=NCC(=O)N(C)C)NC1CCOC(C(CC)CC)C1.I. The van der Waals surface area contributed by atoms with Crippen molar-refractivity contribution in [3.63, 3.8) is 0 Å². The molecule has 0 radical (unpaired) electrons. The molecule has 0 aromatic rings. The lowest BCUT2D eigenvalue weighted by atomic mass is 9.89. The largest absolute Gasteiger partial charge is 0.378 e. The van der Waals surface area contributed by atoms with Crippen molar-refractivity contribution in [2.45, 2.75) is 71.4 Å². The fourth-order valence-corrected chi connectivity index (χ4v) is 3.12. The van der Waals surface area contributed by atoms with Gasteiger partial charge in [0.05, 0.1) is 6.10 Å². The third-order valence-electron chi connectivity index (χ3n) is 4.92. The number of nitrogens with zero attached hydrogens (tertiary/aromatic N) is 2. The van der Waals surface area contributed by atoms with Crippen LogP contribution in [0.2, 0.25) is 0 Å². The molecule has 0 spiro atoms. The molecule has 7 heteroatoms. The Labute approximate surface area is 176 Å². The number of unbranched alkanes of at least 4 members (excludes halogenated alkanes) is 1. The molecule has 1 heterocycles. The van der Waals surface area contributed by atoms with Crippen molar-refractivity contribution < 1.29 is 9.53 Å². The lowest BCUT2D eigenvalue weighted by Crippen LogP contribution is -2.49. The second-order valence-electron chi connectivity index (χ2n) is 7.08. The minimum absolute atomic E-state index is 0. The second-order valence-corrected chi connectivity index (χ2v) is 7.08. The Balaban J connectivity index is 0.00000625. The van der Waals surface area contributed by atoms with Gasteiger partial charge in [-0.25, -0.2) is 4.99 Å². The first-order valence-electron chi connectivity index (χ1n) is 9.88. The number of aliphatic imine (C=N–C) groups is 1. The molecule has 1 rings (SSSR count). The first-order valence-corrected chi connectivity index (χ1v) is 9.88. The van der Waals surface area contributed by atoms with Gasteiger partial charge in [-0.2, -0.15) is 0 Å². The predicted molar refractivity (Wildman–Crippen MR) is 119 cm³/mol. The molecule has 1 fully saturated rings. The number of ether oxygens (including phenoxy) is 1. The van der Waals surface area contributed by atoms with Crippen LogP contribution in [-0.2, 0) is 9.53 Å². The van der Waals surface area contributed by atoms with E-state index in [9.17, 15) is 4.79 Å². The maximum atomic E-state index is 11.8. The first kappa shape index (κ1) is 25.4. The molecule has 1 amide bonds. The van der Waals surface area contributed by atoms with Crippen LogP contribution in [0.1, 0.15) is 59.3 Å². The van der Waals surface area contributed by atoms with Gasteiger partial charge in [0.25, 0.3) is 0 Å². The highest BCUT2D eigenvalue weighted by molar-refractivity contribution is 14.0. The van der Waals surface area contributed by atoms with E-state index in [1.165, 1.54) is 0 Å². The van der Waals surface area contributed by atoms with E-state index in [2.05, 4.69) is 36.4 Å². The van der Waals surface area contributed by atoms with Gasteiger partial charge in [0.15, 0.2) is 5.96 Å². The summed E-state index contributed by atoms with van der Waals surface area (Å²) in [6.07, 6.45) is 6.83. The van der Waals surface area contributed by atoms with Crippen molar-refractivity contribution in [3.8, 4) is 0 Å². The number of hydrogen-bond donors (Lipinski definition) is 2. The molecular weight excluding hydrogens is 443 g/mol. The van der Waals surface area contributed by atoms with Crippen molar-refractivity contribution in [2.75, 3.05) is 33.8 Å². The summed E-state index contributed by atoms with van der Waals surface area (Å²) in [5.41, 5.74) is 0. The van der Waals surface area contributed by atoms with Gasteiger partial charge in [-0.3, -0.25) is 4.79 Å². The maximum Gasteiger partial charge on any atom is 0.243 e. The fraction of sp³-hybridized carbons (Fsp3) is 0.895. The normalized spacial score (nSPS) is 20.5. The van der Waals surface area contributed by atoms with Gasteiger partial charge in [-0.1, -0.05) is 40.0 Å². The van der Waals surface area contributed by atoms with Gasteiger partial charge in [-0.05, 0) is 25.2 Å². The van der Waals surface area contributed by atoms with E-state index < -0.39 is 0 Å². The molecule has 6 nitrogen and oxygen atoms in total. The van der Waals surface area contributed by atoms with Crippen molar-refractivity contribution in [1.82, 2.24) is 15.5 Å². The number of nitrogens with one attached hydrogen (secondary N) is 2. The summed E-state index contributed by atoms with van der Waals surface area (Å²) in [7, 11) is 3.52. The molecule has 1 aliphatic rings. The van der Waals surface area contributed by atoms with Gasteiger partial charge in [0, 0.05) is 33.3 Å². The van der Waals surface area contributed by atoms with Crippen LogP contribution in [-0.4, -0.2) is 62.7 Å². The van der Waals surface area contributed by atoms with E-state index in [0.717, 1.165) is 57.6 Å².